The van der Waals surface area contributed by atoms with Gasteiger partial charge in [-0.25, -0.2) is 0 Å². The molecule has 2 rings (SSSR count). The van der Waals surface area contributed by atoms with Crippen molar-refractivity contribution >= 4 is 23.7 Å². The Kier molecular flexibility index (Phi) is 2.63. The molecule has 0 unspecified atom stereocenters. The lowest BCUT2D eigenvalue weighted by atomic mass is 9.77. The highest BCUT2D eigenvalue weighted by molar-refractivity contribution is 6.31. The van der Waals surface area contributed by atoms with Gasteiger partial charge >= 0.3 is 0 Å². The summed E-state index contributed by atoms with van der Waals surface area (Å²) in [6.45, 7) is 0. The lowest BCUT2D eigenvalue weighted by molar-refractivity contribution is -0.105. The molecule has 1 aromatic rings. The summed E-state index contributed by atoms with van der Waals surface area (Å²) in [6, 6.07) is 1.59. The molecule has 0 aliphatic heterocycles. The van der Waals surface area contributed by atoms with Gasteiger partial charge < -0.3 is 10.4 Å². The number of nitrogens with zero attached hydrogens (tertiary/aromatic N) is 1. The van der Waals surface area contributed by atoms with Crippen LogP contribution in [0.1, 0.15) is 25.0 Å². The number of hydrogen-bond donors (Lipinski definition) is 2. The van der Waals surface area contributed by atoms with E-state index in [4.69, 9.17) is 11.6 Å². The summed E-state index contributed by atoms with van der Waals surface area (Å²) in [7, 11) is 0. The van der Waals surface area contributed by atoms with Gasteiger partial charge in [-0.2, -0.15) is 0 Å². The summed E-state index contributed by atoms with van der Waals surface area (Å²) in [5.41, 5.74) is 0.171. The molecule has 1 amide bonds. The number of nitrogens with one attached hydrogen (secondary N) is 1. The van der Waals surface area contributed by atoms with Crippen LogP contribution in [0.25, 0.3) is 0 Å². The Balaban J connectivity index is 2.30. The highest BCUT2D eigenvalue weighted by Gasteiger charge is 2.39. The van der Waals surface area contributed by atoms with E-state index >= 15 is 0 Å². The Morgan fingerprint density at radius 1 is 1.60 bits per heavy atom. The van der Waals surface area contributed by atoms with Gasteiger partial charge in [0.1, 0.15) is 5.60 Å². The second kappa shape index (κ2) is 3.79. The van der Waals surface area contributed by atoms with Crippen molar-refractivity contribution in [3.05, 3.63) is 23.0 Å². The Morgan fingerprint density at radius 3 is 2.80 bits per heavy atom. The average molecular weight is 227 g/mol. The van der Waals surface area contributed by atoms with E-state index in [9.17, 15) is 9.90 Å². The maximum Gasteiger partial charge on any atom is 0.211 e. The Morgan fingerprint density at radius 2 is 2.33 bits per heavy atom. The molecule has 0 aromatic carbocycles. The van der Waals surface area contributed by atoms with Crippen LogP contribution in [0.2, 0.25) is 5.02 Å². The quantitative estimate of drug-likeness (QED) is 0.771. The van der Waals surface area contributed by atoms with Crippen LogP contribution in [-0.4, -0.2) is 16.5 Å². The standard InChI is InChI=1S/C10H11ClN2O2/c11-8-4-7(13-6-14)5-12-9(8)10(15)2-1-3-10/h4-6,15H,1-3H2,(H,13,14). The molecule has 80 valence electrons. The minimum Gasteiger partial charge on any atom is -0.383 e. The predicted octanol–water partition coefficient (Wildman–Crippen LogP) is 1.67. The van der Waals surface area contributed by atoms with Crippen molar-refractivity contribution in [1.82, 2.24) is 4.98 Å². The molecule has 0 saturated heterocycles. The number of pyridine rings is 1. The second-order valence-corrected chi connectivity index (χ2v) is 4.11. The molecule has 1 saturated carbocycles. The molecule has 5 heteroatoms. The number of amides is 1. The molecule has 1 aromatic heterocycles. The summed E-state index contributed by atoms with van der Waals surface area (Å²) in [5.74, 6) is 0. The monoisotopic (exact) mass is 226 g/mol. The van der Waals surface area contributed by atoms with Gasteiger partial charge in [0.2, 0.25) is 6.41 Å². The van der Waals surface area contributed by atoms with Gasteiger partial charge in [0, 0.05) is 0 Å². The number of carbonyl (C=O) groups excluding carboxylic acids is 1. The second-order valence-electron chi connectivity index (χ2n) is 3.70. The number of rotatable bonds is 3. The molecule has 4 nitrogen and oxygen atoms in total. The zero-order chi connectivity index (χ0) is 10.9. The van der Waals surface area contributed by atoms with Crippen LogP contribution in [0.4, 0.5) is 5.69 Å². The van der Waals surface area contributed by atoms with Gasteiger partial charge in [-0.05, 0) is 25.3 Å². The number of aromatic nitrogens is 1. The first kappa shape index (κ1) is 10.4. The summed E-state index contributed by atoms with van der Waals surface area (Å²) in [5, 5.41) is 12.9. The van der Waals surface area contributed by atoms with Crippen LogP contribution in [0.15, 0.2) is 12.3 Å². The number of carbonyl (C=O) groups is 1. The third-order valence-corrected chi connectivity index (χ3v) is 2.98. The highest BCUT2D eigenvalue weighted by Crippen LogP contribution is 2.42. The van der Waals surface area contributed by atoms with E-state index < -0.39 is 5.60 Å². The van der Waals surface area contributed by atoms with Crippen molar-refractivity contribution in [1.29, 1.82) is 0 Å². The summed E-state index contributed by atoms with van der Waals surface area (Å²) >= 11 is 5.98. The molecule has 0 radical (unpaired) electrons. The Bertz CT molecular complexity index is 391. The van der Waals surface area contributed by atoms with E-state index in [0.29, 0.717) is 35.7 Å². The first-order valence-corrected chi connectivity index (χ1v) is 5.12. The van der Waals surface area contributed by atoms with Gasteiger partial charge in [0.15, 0.2) is 0 Å². The summed E-state index contributed by atoms with van der Waals surface area (Å²) in [6.07, 6.45) is 4.43. The van der Waals surface area contributed by atoms with Crippen molar-refractivity contribution in [2.24, 2.45) is 0 Å². The zero-order valence-corrected chi connectivity index (χ0v) is 8.79. The van der Waals surface area contributed by atoms with E-state index in [0.717, 1.165) is 6.42 Å². The van der Waals surface area contributed by atoms with E-state index in [1.165, 1.54) is 6.20 Å². The summed E-state index contributed by atoms with van der Waals surface area (Å²) < 4.78 is 0. The highest BCUT2D eigenvalue weighted by atomic mass is 35.5. The molecule has 15 heavy (non-hydrogen) atoms. The van der Waals surface area contributed by atoms with Gasteiger partial charge in [0.05, 0.1) is 22.6 Å². The third kappa shape index (κ3) is 1.82. The maximum atomic E-state index is 10.2. The molecule has 2 N–H and O–H groups in total. The minimum absolute atomic E-state index is 0.393. The number of aliphatic hydroxyl groups is 1. The van der Waals surface area contributed by atoms with E-state index in [1.807, 2.05) is 0 Å². The Labute approximate surface area is 92.3 Å². The normalized spacial score (nSPS) is 18.0. The van der Waals surface area contributed by atoms with Crippen molar-refractivity contribution in [3.63, 3.8) is 0 Å². The number of anilines is 1. The molecule has 1 heterocycles. The van der Waals surface area contributed by atoms with Gasteiger partial charge in [-0.1, -0.05) is 11.6 Å². The zero-order valence-electron chi connectivity index (χ0n) is 8.03. The lowest BCUT2D eigenvalue weighted by Gasteiger charge is -2.36. The van der Waals surface area contributed by atoms with E-state index in [1.54, 1.807) is 6.07 Å². The molecular weight excluding hydrogens is 216 g/mol. The average Bonchev–Trinajstić information content (AvgIpc) is 2.15. The molecule has 0 atom stereocenters. The van der Waals surface area contributed by atoms with Crippen LogP contribution >= 0.6 is 11.6 Å². The number of halogens is 1. The fourth-order valence-electron chi connectivity index (χ4n) is 1.68. The van der Waals surface area contributed by atoms with Crippen LogP contribution in [0.3, 0.4) is 0 Å². The van der Waals surface area contributed by atoms with Crippen LogP contribution in [-0.2, 0) is 10.4 Å². The van der Waals surface area contributed by atoms with Crippen LogP contribution in [0.5, 0.6) is 0 Å². The van der Waals surface area contributed by atoms with E-state index in [2.05, 4.69) is 10.3 Å². The van der Waals surface area contributed by atoms with Crippen LogP contribution in [0, 0.1) is 0 Å². The minimum atomic E-state index is -0.864. The SMILES string of the molecule is O=CNc1cnc(C2(O)CCC2)c(Cl)c1. The smallest absolute Gasteiger partial charge is 0.211 e. The van der Waals surface area contributed by atoms with Gasteiger partial charge in [0.25, 0.3) is 0 Å². The van der Waals surface area contributed by atoms with Crippen molar-refractivity contribution in [2.45, 2.75) is 24.9 Å². The van der Waals surface area contributed by atoms with Crippen molar-refractivity contribution in [2.75, 3.05) is 5.32 Å². The van der Waals surface area contributed by atoms with Crippen molar-refractivity contribution < 1.29 is 9.90 Å². The summed E-state index contributed by atoms with van der Waals surface area (Å²) in [4.78, 5) is 14.3. The molecule has 1 aliphatic rings. The molecule has 0 bridgehead atoms. The Hall–Kier alpha value is -1.13. The topological polar surface area (TPSA) is 62.2 Å². The third-order valence-electron chi connectivity index (χ3n) is 2.69. The first-order chi connectivity index (χ1) is 7.15. The molecular formula is C10H11ClN2O2. The predicted molar refractivity (Wildman–Crippen MR) is 56.7 cm³/mol. The molecule has 1 aliphatic carbocycles. The maximum absolute atomic E-state index is 10.2. The van der Waals surface area contributed by atoms with Crippen molar-refractivity contribution in [3.8, 4) is 0 Å². The lowest BCUT2D eigenvalue weighted by Crippen LogP contribution is -2.34. The van der Waals surface area contributed by atoms with Crippen LogP contribution < -0.4 is 5.32 Å². The number of hydrogen-bond acceptors (Lipinski definition) is 3. The van der Waals surface area contributed by atoms with Gasteiger partial charge in [-0.15, -0.1) is 0 Å². The van der Waals surface area contributed by atoms with Gasteiger partial charge in [-0.3, -0.25) is 9.78 Å². The first-order valence-electron chi connectivity index (χ1n) is 4.74. The largest absolute Gasteiger partial charge is 0.383 e. The van der Waals surface area contributed by atoms with E-state index in [-0.39, 0.29) is 0 Å². The molecule has 1 fully saturated rings. The molecule has 0 spiro atoms. The fraction of sp³-hybridized carbons (Fsp3) is 0.400. The fourth-order valence-corrected chi connectivity index (χ4v) is 2.02.